The average Bonchev–Trinajstić information content (AvgIpc) is 3.09. The second-order valence-electron chi connectivity index (χ2n) is 6.69. The Bertz CT molecular complexity index is 1170. The molecule has 6 N–H and O–H groups in total. The number of rotatable bonds is 5. The van der Waals surface area contributed by atoms with Gasteiger partial charge in [0.2, 0.25) is 12.2 Å². The quantitative estimate of drug-likeness (QED) is 0.260. The number of para-hydroxylation sites is 1. The molecule has 1 heterocycles. The van der Waals surface area contributed by atoms with E-state index in [0.717, 1.165) is 0 Å². The maximum absolute atomic E-state index is 13.0. The number of nitriles is 1. The Balaban J connectivity index is 2.14. The Morgan fingerprint density at radius 1 is 1.35 bits per heavy atom. The number of aromatic hydroxyl groups is 1. The molecule has 0 spiro atoms. The molecule has 1 saturated heterocycles. The normalized spacial score (nSPS) is 17.5. The summed E-state index contributed by atoms with van der Waals surface area (Å²) in [5.74, 6) is -0.941. The number of anilines is 2. The zero-order valence-electron chi connectivity index (χ0n) is 16.0. The van der Waals surface area contributed by atoms with E-state index in [-0.39, 0.29) is 22.7 Å². The molecule has 0 unspecified atom stereocenters. The van der Waals surface area contributed by atoms with E-state index in [4.69, 9.17) is 28.3 Å². The van der Waals surface area contributed by atoms with Crippen molar-refractivity contribution in [2.24, 2.45) is 16.5 Å². The number of nitrogens with zero attached hydrogens (tertiary/aromatic N) is 4. The van der Waals surface area contributed by atoms with Crippen LogP contribution >= 0.6 is 27.5 Å². The van der Waals surface area contributed by atoms with Crippen LogP contribution in [-0.2, 0) is 10.0 Å². The zero-order chi connectivity index (χ0) is 22.8. The van der Waals surface area contributed by atoms with Crippen LogP contribution in [0, 0.1) is 11.5 Å². The van der Waals surface area contributed by atoms with Crippen LogP contribution in [0.3, 0.4) is 0 Å². The van der Waals surface area contributed by atoms with Gasteiger partial charge < -0.3 is 16.6 Å². The van der Waals surface area contributed by atoms with Crippen molar-refractivity contribution in [1.82, 2.24) is 9.84 Å². The van der Waals surface area contributed by atoms with Gasteiger partial charge in [0.1, 0.15) is 4.90 Å². The molecule has 1 aliphatic heterocycles. The minimum absolute atomic E-state index is 0.0358. The fraction of sp³-hybridized carbons (Fsp3) is 0.222. The van der Waals surface area contributed by atoms with Gasteiger partial charge in [-0.25, -0.2) is 13.4 Å². The smallest absolute Gasteiger partial charge is 0.258 e. The Morgan fingerprint density at radius 2 is 2.06 bits per heavy atom. The van der Waals surface area contributed by atoms with Crippen LogP contribution in [0.25, 0.3) is 0 Å². The zero-order valence-corrected chi connectivity index (χ0v) is 19.2. The minimum atomic E-state index is -4.26. The molecule has 0 aromatic heterocycles. The van der Waals surface area contributed by atoms with E-state index in [0.29, 0.717) is 29.7 Å². The number of hydrazine groups is 1. The summed E-state index contributed by atoms with van der Waals surface area (Å²) in [7, 11) is -4.26. The summed E-state index contributed by atoms with van der Waals surface area (Å²) >= 11 is 9.54. The molecule has 10 nitrogen and oxygen atoms in total. The maximum atomic E-state index is 13.0. The predicted octanol–water partition coefficient (Wildman–Crippen LogP) is 1.97. The molecule has 0 amide bonds. The average molecular weight is 529 g/mol. The lowest BCUT2D eigenvalue weighted by molar-refractivity contribution is 0.295. The fourth-order valence-corrected chi connectivity index (χ4v) is 5.37. The number of hydrogen-bond donors (Lipinski definition) is 4. The van der Waals surface area contributed by atoms with Crippen molar-refractivity contribution in [1.29, 1.82) is 5.26 Å². The number of aliphatic imine (C=N–C) groups is 1. The fourth-order valence-electron chi connectivity index (χ4n) is 3.17. The third-order valence-corrected chi connectivity index (χ3v) is 7.08. The number of hydrogen-bond acceptors (Lipinski definition) is 7. The highest BCUT2D eigenvalue weighted by molar-refractivity contribution is 9.10. The molecule has 0 saturated carbocycles. The van der Waals surface area contributed by atoms with Gasteiger partial charge in [-0.05, 0) is 46.6 Å². The summed E-state index contributed by atoms with van der Waals surface area (Å²) in [5, 5.41) is 21.2. The van der Waals surface area contributed by atoms with Gasteiger partial charge >= 0.3 is 0 Å². The molecular formula is C18H19BrClN7O3S. The van der Waals surface area contributed by atoms with Crippen molar-refractivity contribution >= 4 is 54.9 Å². The van der Waals surface area contributed by atoms with E-state index in [9.17, 15) is 13.5 Å². The van der Waals surface area contributed by atoms with Crippen molar-refractivity contribution in [2.45, 2.75) is 17.4 Å². The molecule has 0 aliphatic carbocycles. The Hall–Kier alpha value is -2.40. The first-order valence-corrected chi connectivity index (χ1v) is 11.6. The van der Waals surface area contributed by atoms with Gasteiger partial charge in [0.15, 0.2) is 5.75 Å². The molecule has 1 fully saturated rings. The Labute approximate surface area is 192 Å². The topological polar surface area (TPSA) is 161 Å². The molecule has 13 heteroatoms. The largest absolute Gasteiger partial charge is 0.504 e. The molecule has 0 bridgehead atoms. The molecule has 3 rings (SSSR count). The van der Waals surface area contributed by atoms with Crippen molar-refractivity contribution in [3.63, 3.8) is 0 Å². The lowest BCUT2D eigenvalue weighted by Gasteiger charge is -2.26. The first-order chi connectivity index (χ1) is 14.7. The maximum Gasteiger partial charge on any atom is 0.258 e. The number of benzene rings is 2. The summed E-state index contributed by atoms with van der Waals surface area (Å²) in [4.78, 5) is 6.64. The van der Waals surface area contributed by atoms with E-state index in [2.05, 4.69) is 25.8 Å². The molecule has 164 valence electrons. The van der Waals surface area contributed by atoms with Gasteiger partial charge in [-0.15, -0.1) is 9.82 Å². The number of sulfonamides is 1. The summed E-state index contributed by atoms with van der Waals surface area (Å²) in [6.45, 7) is 0.742. The lowest BCUT2D eigenvalue weighted by Crippen LogP contribution is -2.42. The summed E-state index contributed by atoms with van der Waals surface area (Å²) in [6.07, 6.45) is 2.21. The molecule has 31 heavy (non-hydrogen) atoms. The molecular weight excluding hydrogens is 510 g/mol. The van der Waals surface area contributed by atoms with Crippen LogP contribution in [0.4, 0.5) is 11.4 Å². The standard InChI is InChI=1S/C18H19BrClN7O3S/c19-12-3-1-2-4-14(12)27(18(23)24-10-21)15-6-5-13(20)17(16(15)28)31(29,30)25-26-8-7-11(22)9-26/h1-6,11,25,28H,7-9,22H2,(H2,23,24)/t11-/m1/s1. The summed E-state index contributed by atoms with van der Waals surface area (Å²) < 4.78 is 26.6. The van der Waals surface area contributed by atoms with E-state index in [1.807, 2.05) is 0 Å². The number of guanidine groups is 1. The van der Waals surface area contributed by atoms with Crippen LogP contribution < -0.4 is 21.2 Å². The summed E-state index contributed by atoms with van der Waals surface area (Å²) in [6, 6.07) is 9.35. The lowest BCUT2D eigenvalue weighted by atomic mass is 10.2. The van der Waals surface area contributed by atoms with E-state index >= 15 is 0 Å². The molecule has 1 aliphatic rings. The van der Waals surface area contributed by atoms with Crippen LogP contribution in [0.15, 0.2) is 50.8 Å². The second kappa shape index (κ2) is 9.39. The van der Waals surface area contributed by atoms with Crippen LogP contribution in [0.2, 0.25) is 5.02 Å². The van der Waals surface area contributed by atoms with Gasteiger partial charge in [0.25, 0.3) is 10.0 Å². The van der Waals surface area contributed by atoms with Crippen LogP contribution in [0.5, 0.6) is 5.75 Å². The third-order valence-electron chi connectivity index (χ3n) is 4.53. The number of phenolic OH excluding ortho intramolecular Hbond substituents is 1. The van der Waals surface area contributed by atoms with Crippen molar-refractivity contribution in [3.05, 3.63) is 45.9 Å². The van der Waals surface area contributed by atoms with Crippen molar-refractivity contribution in [2.75, 3.05) is 18.0 Å². The number of nitrogens with two attached hydrogens (primary N) is 2. The number of phenols is 1. The van der Waals surface area contributed by atoms with Crippen molar-refractivity contribution in [3.8, 4) is 11.9 Å². The van der Waals surface area contributed by atoms with E-state index in [1.165, 1.54) is 22.0 Å². The Morgan fingerprint density at radius 3 is 2.68 bits per heavy atom. The van der Waals surface area contributed by atoms with Gasteiger partial charge in [0, 0.05) is 23.6 Å². The van der Waals surface area contributed by atoms with E-state index in [1.54, 1.807) is 30.5 Å². The van der Waals surface area contributed by atoms with Crippen LogP contribution in [0.1, 0.15) is 6.42 Å². The summed E-state index contributed by atoms with van der Waals surface area (Å²) in [5.41, 5.74) is 12.2. The first-order valence-electron chi connectivity index (χ1n) is 8.97. The van der Waals surface area contributed by atoms with Crippen molar-refractivity contribution < 1.29 is 13.5 Å². The SMILES string of the molecule is N#CN=C(N)N(c1ccccc1Br)c1ccc(Cl)c(S(=O)(=O)NN2CC[C@@H](N)C2)c1O. The number of nitrogens with one attached hydrogen (secondary N) is 1. The molecule has 1 atom stereocenters. The molecule has 2 aromatic rings. The third kappa shape index (κ3) is 4.93. The highest BCUT2D eigenvalue weighted by atomic mass is 79.9. The monoisotopic (exact) mass is 527 g/mol. The van der Waals surface area contributed by atoms with Crippen LogP contribution in [-0.4, -0.2) is 43.6 Å². The first kappa shape index (κ1) is 23.3. The highest BCUT2D eigenvalue weighted by Crippen LogP contribution is 2.42. The second-order valence-corrected chi connectivity index (χ2v) is 9.55. The van der Waals surface area contributed by atoms with Gasteiger partial charge in [-0.2, -0.15) is 5.26 Å². The van der Waals surface area contributed by atoms with Gasteiger partial charge in [-0.3, -0.25) is 4.90 Å². The minimum Gasteiger partial charge on any atom is -0.504 e. The highest BCUT2D eigenvalue weighted by Gasteiger charge is 2.31. The number of halogens is 2. The molecule has 0 radical (unpaired) electrons. The molecule has 2 aromatic carbocycles. The van der Waals surface area contributed by atoms with Gasteiger partial charge in [0.05, 0.1) is 16.4 Å². The predicted molar refractivity (Wildman–Crippen MR) is 121 cm³/mol. The van der Waals surface area contributed by atoms with E-state index < -0.39 is 20.7 Å². The Kier molecular flexibility index (Phi) is 7.05. The van der Waals surface area contributed by atoms with Gasteiger partial charge in [-0.1, -0.05) is 23.7 Å².